The number of ether oxygens (including phenoxy) is 4. The minimum atomic E-state index is -0.915. The molecule has 14 nitrogen and oxygen atoms in total. The van der Waals surface area contributed by atoms with Crippen LogP contribution in [-0.4, -0.2) is 41.2 Å². The summed E-state index contributed by atoms with van der Waals surface area (Å²) in [6.07, 6.45) is 2.82. The highest BCUT2D eigenvalue weighted by molar-refractivity contribution is 7.07. The third kappa shape index (κ3) is 6.66. The standard InChI is InChI=1S/C33H30N4O10S/c1-5-7-24-29(32(39)46-6-2)30(23-18-22(44-3)13-15-26(23)45-4)35-31(38)28(48-33(35)34-24)16-19-8-11-21(12-9-19)47-27-14-10-20(36(40)41)17-25(27)37(42)43/h8-18,30H,5-7H2,1-4H3/b28-16-/t30-/m0/s1. The van der Waals surface area contributed by atoms with E-state index in [1.54, 1.807) is 55.5 Å². The molecule has 0 spiro atoms. The van der Waals surface area contributed by atoms with Crippen molar-refractivity contribution in [1.29, 1.82) is 0 Å². The van der Waals surface area contributed by atoms with Crippen LogP contribution in [0.4, 0.5) is 11.4 Å². The van der Waals surface area contributed by atoms with Crippen molar-refractivity contribution in [2.24, 2.45) is 4.99 Å². The van der Waals surface area contributed by atoms with Crippen LogP contribution in [0.25, 0.3) is 6.08 Å². The lowest BCUT2D eigenvalue weighted by molar-refractivity contribution is -0.394. The molecule has 0 saturated heterocycles. The highest BCUT2D eigenvalue weighted by atomic mass is 32.1. The van der Waals surface area contributed by atoms with Gasteiger partial charge in [-0.15, -0.1) is 0 Å². The zero-order valence-corrected chi connectivity index (χ0v) is 27.1. The van der Waals surface area contributed by atoms with Gasteiger partial charge >= 0.3 is 11.7 Å². The van der Waals surface area contributed by atoms with E-state index in [9.17, 15) is 29.8 Å². The molecule has 5 rings (SSSR count). The Morgan fingerprint density at radius 3 is 2.29 bits per heavy atom. The highest BCUT2D eigenvalue weighted by Gasteiger charge is 2.36. The SMILES string of the molecule is CCCC1=C(C(=O)OCC)[C@H](c2cc(OC)ccc2OC)n2c(s/c(=C\c3ccc(Oc4ccc([N+](=O)[O-])cc4[N+](=O)[O-])cc3)c2=O)=N1. The van der Waals surface area contributed by atoms with E-state index in [2.05, 4.69) is 0 Å². The summed E-state index contributed by atoms with van der Waals surface area (Å²) >= 11 is 1.16. The second-order valence-electron chi connectivity index (χ2n) is 10.4. The Labute approximate surface area is 277 Å². The van der Waals surface area contributed by atoms with Crippen molar-refractivity contribution in [3.8, 4) is 23.0 Å². The van der Waals surface area contributed by atoms with E-state index >= 15 is 0 Å². The van der Waals surface area contributed by atoms with Crippen molar-refractivity contribution < 1.29 is 33.6 Å². The minimum absolute atomic E-state index is 0.130. The number of benzene rings is 3. The zero-order valence-electron chi connectivity index (χ0n) is 26.3. The van der Waals surface area contributed by atoms with Crippen molar-refractivity contribution in [1.82, 2.24) is 4.57 Å². The molecule has 0 bridgehead atoms. The Bertz CT molecular complexity index is 2120. The van der Waals surface area contributed by atoms with E-state index in [0.717, 1.165) is 29.5 Å². The molecule has 0 saturated carbocycles. The normalized spacial score (nSPS) is 14.2. The number of allylic oxidation sites excluding steroid dienone is 1. The van der Waals surface area contributed by atoms with Crippen molar-refractivity contribution in [3.63, 3.8) is 0 Å². The first-order valence-electron chi connectivity index (χ1n) is 14.7. The van der Waals surface area contributed by atoms with Crippen LogP contribution in [0.15, 0.2) is 81.7 Å². The molecule has 0 aliphatic carbocycles. The van der Waals surface area contributed by atoms with Gasteiger partial charge in [0, 0.05) is 11.6 Å². The second-order valence-corrected chi connectivity index (χ2v) is 11.4. The van der Waals surface area contributed by atoms with Crippen LogP contribution in [-0.2, 0) is 9.53 Å². The number of aromatic nitrogens is 1. The molecule has 3 aromatic carbocycles. The number of hydrogen-bond acceptors (Lipinski definition) is 12. The van der Waals surface area contributed by atoms with E-state index in [4.69, 9.17) is 23.9 Å². The number of methoxy groups -OCH3 is 2. The van der Waals surface area contributed by atoms with Crippen molar-refractivity contribution >= 4 is 34.8 Å². The van der Waals surface area contributed by atoms with Crippen molar-refractivity contribution in [3.05, 3.63) is 123 Å². The van der Waals surface area contributed by atoms with E-state index in [0.29, 0.717) is 50.5 Å². The fourth-order valence-corrected chi connectivity index (χ4v) is 6.25. The Morgan fingerprint density at radius 2 is 1.67 bits per heavy atom. The molecule has 248 valence electrons. The molecule has 1 atom stereocenters. The first kappa shape index (κ1) is 33.5. The van der Waals surface area contributed by atoms with Crippen molar-refractivity contribution in [2.75, 3.05) is 20.8 Å². The molecule has 0 fully saturated rings. The van der Waals surface area contributed by atoms with E-state index in [-0.39, 0.29) is 23.7 Å². The third-order valence-electron chi connectivity index (χ3n) is 7.38. The number of esters is 1. The second kappa shape index (κ2) is 14.3. The number of thiazole rings is 1. The summed E-state index contributed by atoms with van der Waals surface area (Å²) in [5, 5.41) is 22.6. The van der Waals surface area contributed by atoms with Gasteiger partial charge in [-0.2, -0.15) is 0 Å². The average molecular weight is 675 g/mol. The lowest BCUT2D eigenvalue weighted by Gasteiger charge is -2.27. The van der Waals surface area contributed by atoms with Gasteiger partial charge in [-0.25, -0.2) is 9.79 Å². The lowest BCUT2D eigenvalue weighted by atomic mass is 9.93. The van der Waals surface area contributed by atoms with Gasteiger partial charge in [-0.05, 0) is 61.4 Å². The van der Waals surface area contributed by atoms with Gasteiger partial charge in [-0.1, -0.05) is 36.8 Å². The summed E-state index contributed by atoms with van der Waals surface area (Å²) in [5.41, 5.74) is 0.507. The average Bonchev–Trinajstić information content (AvgIpc) is 3.38. The van der Waals surface area contributed by atoms with Crippen LogP contribution in [0.1, 0.15) is 43.9 Å². The molecule has 0 radical (unpaired) electrons. The number of carbonyl (C=O) groups excluding carboxylic acids is 1. The Hall–Kier alpha value is -5.83. The van der Waals surface area contributed by atoms with Gasteiger partial charge in [0.1, 0.15) is 23.3 Å². The molecule has 0 amide bonds. The third-order valence-corrected chi connectivity index (χ3v) is 8.36. The van der Waals surface area contributed by atoms with E-state index in [1.165, 1.54) is 18.8 Å². The first-order valence-corrected chi connectivity index (χ1v) is 15.6. The molecular weight excluding hydrogens is 644 g/mol. The predicted octanol–water partition coefficient (Wildman–Crippen LogP) is 5.20. The van der Waals surface area contributed by atoms with Crippen molar-refractivity contribution in [2.45, 2.75) is 32.7 Å². The summed E-state index contributed by atoms with van der Waals surface area (Å²) in [6, 6.07) is 13.8. The monoisotopic (exact) mass is 674 g/mol. The number of nitro benzene ring substituents is 2. The summed E-state index contributed by atoms with van der Waals surface area (Å²) in [7, 11) is 3.02. The number of non-ortho nitro benzene ring substituents is 1. The molecule has 15 heteroatoms. The van der Waals surface area contributed by atoms with Gasteiger partial charge in [-0.3, -0.25) is 29.6 Å². The van der Waals surface area contributed by atoms with Crippen LogP contribution >= 0.6 is 11.3 Å². The quantitative estimate of drug-likeness (QED) is 0.110. The number of rotatable bonds is 12. The molecule has 1 aliphatic rings. The highest BCUT2D eigenvalue weighted by Crippen LogP contribution is 2.39. The maximum atomic E-state index is 14.1. The predicted molar refractivity (Wildman–Crippen MR) is 175 cm³/mol. The summed E-state index contributed by atoms with van der Waals surface area (Å²) in [6.45, 7) is 3.80. The maximum Gasteiger partial charge on any atom is 0.338 e. The fourth-order valence-electron chi connectivity index (χ4n) is 5.23. The van der Waals surface area contributed by atoms with E-state index in [1.807, 2.05) is 6.92 Å². The molecule has 2 heterocycles. The van der Waals surface area contributed by atoms with Gasteiger partial charge < -0.3 is 18.9 Å². The zero-order chi connectivity index (χ0) is 34.5. The Kier molecular flexibility index (Phi) is 9.99. The molecule has 0 N–H and O–H groups in total. The van der Waals surface area contributed by atoms with Gasteiger partial charge in [0.25, 0.3) is 11.2 Å². The van der Waals surface area contributed by atoms with Crippen LogP contribution < -0.4 is 29.1 Å². The summed E-state index contributed by atoms with van der Waals surface area (Å²) in [5.74, 6) is 0.432. The topological polar surface area (TPSA) is 175 Å². The first-order chi connectivity index (χ1) is 23.1. The fraction of sp³-hybridized carbons (Fsp3) is 0.242. The van der Waals surface area contributed by atoms with Crippen LogP contribution in [0.3, 0.4) is 0 Å². The largest absolute Gasteiger partial charge is 0.497 e. The summed E-state index contributed by atoms with van der Waals surface area (Å²) in [4.78, 5) is 53.9. The lowest BCUT2D eigenvalue weighted by Crippen LogP contribution is -2.40. The smallest absolute Gasteiger partial charge is 0.338 e. The number of carbonyl (C=O) groups is 1. The van der Waals surface area contributed by atoms with E-state index < -0.39 is 38.8 Å². The number of fused-ring (bicyclic) bond motifs is 1. The number of nitro groups is 2. The number of nitrogens with zero attached hydrogens (tertiary/aromatic N) is 4. The molecule has 1 aliphatic heterocycles. The van der Waals surface area contributed by atoms with Gasteiger partial charge in [0.15, 0.2) is 4.80 Å². The Balaban J connectivity index is 1.60. The molecule has 48 heavy (non-hydrogen) atoms. The van der Waals surface area contributed by atoms with Crippen LogP contribution in [0, 0.1) is 20.2 Å². The van der Waals surface area contributed by atoms with Crippen LogP contribution in [0.2, 0.25) is 0 Å². The molecular formula is C33H30N4O10S. The molecule has 1 aromatic heterocycles. The van der Waals surface area contributed by atoms with Gasteiger partial charge in [0.05, 0.1) is 52.5 Å². The Morgan fingerprint density at radius 1 is 0.958 bits per heavy atom. The molecule has 0 unspecified atom stereocenters. The van der Waals surface area contributed by atoms with Crippen LogP contribution in [0.5, 0.6) is 23.0 Å². The summed E-state index contributed by atoms with van der Waals surface area (Å²) < 4.78 is 24.1. The maximum absolute atomic E-state index is 14.1. The molecule has 4 aromatic rings. The number of hydrogen-bond donors (Lipinski definition) is 0. The van der Waals surface area contributed by atoms with Gasteiger partial charge in [0.2, 0.25) is 5.75 Å². The minimum Gasteiger partial charge on any atom is -0.497 e.